The third kappa shape index (κ3) is 5.04. The predicted molar refractivity (Wildman–Crippen MR) is 89.7 cm³/mol. The standard InChI is InChI=1S/C16H22Cl2N2O2/c1-16(2,3)22-15(21)19-5-7-20-6-4-13-11(10-20)8-12(17)9-14(13)18/h8-9H,4-7,10H2,1-3H3,(H,19,21). The number of fused-ring (bicyclic) bond motifs is 1. The van der Waals surface area contributed by atoms with Crippen LogP contribution in [0.25, 0.3) is 0 Å². The minimum Gasteiger partial charge on any atom is -0.444 e. The van der Waals surface area contributed by atoms with Crippen molar-refractivity contribution in [3.63, 3.8) is 0 Å². The number of halogens is 2. The lowest BCUT2D eigenvalue weighted by atomic mass is 10.00. The van der Waals surface area contributed by atoms with Gasteiger partial charge in [-0.1, -0.05) is 23.2 Å². The van der Waals surface area contributed by atoms with Gasteiger partial charge in [0.15, 0.2) is 0 Å². The molecule has 1 amide bonds. The van der Waals surface area contributed by atoms with E-state index >= 15 is 0 Å². The first kappa shape index (κ1) is 17.4. The Balaban J connectivity index is 1.83. The SMILES string of the molecule is CC(C)(C)OC(=O)NCCN1CCc2c(Cl)cc(Cl)cc2C1. The van der Waals surface area contributed by atoms with Gasteiger partial charge < -0.3 is 10.1 Å². The quantitative estimate of drug-likeness (QED) is 0.904. The van der Waals surface area contributed by atoms with Crippen LogP contribution in [0.15, 0.2) is 12.1 Å². The van der Waals surface area contributed by atoms with E-state index < -0.39 is 5.60 Å². The van der Waals surface area contributed by atoms with Crippen LogP contribution >= 0.6 is 23.2 Å². The third-order valence-corrected chi connectivity index (χ3v) is 3.98. The molecule has 0 fully saturated rings. The molecular formula is C16H22Cl2N2O2. The summed E-state index contributed by atoms with van der Waals surface area (Å²) in [6.45, 7) is 8.59. The van der Waals surface area contributed by atoms with Crippen LogP contribution in [-0.2, 0) is 17.7 Å². The number of carbonyl (C=O) groups excluding carboxylic acids is 1. The summed E-state index contributed by atoms with van der Waals surface area (Å²) in [5.74, 6) is 0. The molecule has 1 heterocycles. The summed E-state index contributed by atoms with van der Waals surface area (Å²) in [5.41, 5.74) is 1.88. The molecule has 0 aromatic heterocycles. The molecule has 1 aromatic carbocycles. The van der Waals surface area contributed by atoms with E-state index in [1.807, 2.05) is 26.8 Å². The lowest BCUT2D eigenvalue weighted by Gasteiger charge is -2.29. The fourth-order valence-electron chi connectivity index (χ4n) is 2.49. The second-order valence-corrected chi connectivity index (χ2v) is 7.32. The average molecular weight is 345 g/mol. The molecule has 0 saturated heterocycles. The molecule has 1 aliphatic heterocycles. The van der Waals surface area contributed by atoms with Crippen LogP contribution in [0.1, 0.15) is 31.9 Å². The van der Waals surface area contributed by atoms with Crippen LogP contribution in [-0.4, -0.2) is 36.2 Å². The van der Waals surface area contributed by atoms with Crippen molar-refractivity contribution in [1.82, 2.24) is 10.2 Å². The molecule has 6 heteroatoms. The van der Waals surface area contributed by atoms with E-state index in [2.05, 4.69) is 10.2 Å². The summed E-state index contributed by atoms with van der Waals surface area (Å²) in [7, 11) is 0. The summed E-state index contributed by atoms with van der Waals surface area (Å²) >= 11 is 12.3. The fraction of sp³-hybridized carbons (Fsp3) is 0.562. The van der Waals surface area contributed by atoms with Crippen molar-refractivity contribution in [3.8, 4) is 0 Å². The van der Waals surface area contributed by atoms with Crippen LogP contribution in [0, 0.1) is 0 Å². The van der Waals surface area contributed by atoms with E-state index in [0.717, 1.165) is 31.1 Å². The normalized spacial score (nSPS) is 15.3. The largest absolute Gasteiger partial charge is 0.444 e. The Morgan fingerprint density at radius 2 is 2.09 bits per heavy atom. The lowest BCUT2D eigenvalue weighted by Crippen LogP contribution is -2.39. The molecule has 0 atom stereocenters. The predicted octanol–water partition coefficient (Wildman–Crippen LogP) is 3.88. The number of nitrogens with zero attached hydrogens (tertiary/aromatic N) is 1. The highest BCUT2D eigenvalue weighted by Gasteiger charge is 2.20. The van der Waals surface area contributed by atoms with Gasteiger partial charge in [0.2, 0.25) is 0 Å². The summed E-state index contributed by atoms with van der Waals surface area (Å²) < 4.78 is 5.21. The summed E-state index contributed by atoms with van der Waals surface area (Å²) in [6, 6.07) is 3.76. The Bertz CT molecular complexity index is 556. The first-order chi connectivity index (χ1) is 10.2. The van der Waals surface area contributed by atoms with Gasteiger partial charge in [0.05, 0.1) is 0 Å². The van der Waals surface area contributed by atoms with Gasteiger partial charge in [-0.3, -0.25) is 4.90 Å². The maximum absolute atomic E-state index is 11.6. The zero-order valence-electron chi connectivity index (χ0n) is 13.2. The van der Waals surface area contributed by atoms with E-state index in [1.165, 1.54) is 11.1 Å². The zero-order valence-corrected chi connectivity index (χ0v) is 14.7. The number of benzene rings is 1. The zero-order chi connectivity index (χ0) is 16.3. The van der Waals surface area contributed by atoms with Crippen LogP contribution in [0.4, 0.5) is 4.79 Å². The van der Waals surface area contributed by atoms with Gasteiger partial charge in [0.1, 0.15) is 5.60 Å². The third-order valence-electron chi connectivity index (χ3n) is 3.42. The molecule has 22 heavy (non-hydrogen) atoms. The number of hydrogen-bond acceptors (Lipinski definition) is 3. The average Bonchev–Trinajstić information content (AvgIpc) is 2.35. The monoisotopic (exact) mass is 344 g/mol. The van der Waals surface area contributed by atoms with Crippen molar-refractivity contribution < 1.29 is 9.53 Å². The molecule has 0 unspecified atom stereocenters. The summed E-state index contributed by atoms with van der Waals surface area (Å²) in [6.07, 6.45) is 0.522. The molecule has 1 N–H and O–H groups in total. The number of carbonyl (C=O) groups is 1. The molecule has 4 nitrogen and oxygen atoms in total. The van der Waals surface area contributed by atoms with Crippen molar-refractivity contribution in [3.05, 3.63) is 33.3 Å². The Kier molecular flexibility index (Phi) is 5.59. The second-order valence-electron chi connectivity index (χ2n) is 6.48. The summed E-state index contributed by atoms with van der Waals surface area (Å²) in [4.78, 5) is 13.9. The van der Waals surface area contributed by atoms with Crippen molar-refractivity contribution in [2.75, 3.05) is 19.6 Å². The number of alkyl carbamates (subject to hydrolysis) is 1. The number of rotatable bonds is 3. The minimum atomic E-state index is -0.471. The highest BCUT2D eigenvalue weighted by atomic mass is 35.5. The second kappa shape index (κ2) is 7.07. The molecule has 0 spiro atoms. The topological polar surface area (TPSA) is 41.6 Å². The Labute approximate surface area is 141 Å². The first-order valence-electron chi connectivity index (χ1n) is 7.40. The van der Waals surface area contributed by atoms with Gasteiger partial charge in [0.25, 0.3) is 0 Å². The number of amides is 1. The van der Waals surface area contributed by atoms with Crippen molar-refractivity contribution >= 4 is 29.3 Å². The number of hydrogen-bond donors (Lipinski definition) is 1. The van der Waals surface area contributed by atoms with Crippen molar-refractivity contribution in [1.29, 1.82) is 0 Å². The van der Waals surface area contributed by atoms with E-state index in [1.54, 1.807) is 6.07 Å². The van der Waals surface area contributed by atoms with Gasteiger partial charge in [-0.15, -0.1) is 0 Å². The van der Waals surface area contributed by atoms with Gasteiger partial charge in [0, 0.05) is 36.2 Å². The minimum absolute atomic E-state index is 0.379. The molecule has 0 saturated carbocycles. The van der Waals surface area contributed by atoms with Gasteiger partial charge in [-0.25, -0.2) is 4.79 Å². The lowest BCUT2D eigenvalue weighted by molar-refractivity contribution is 0.0521. The van der Waals surface area contributed by atoms with E-state index in [0.29, 0.717) is 11.6 Å². The molecule has 2 rings (SSSR count). The van der Waals surface area contributed by atoms with Crippen LogP contribution in [0.2, 0.25) is 10.0 Å². The van der Waals surface area contributed by atoms with Crippen LogP contribution < -0.4 is 5.32 Å². The molecule has 1 aromatic rings. The molecule has 0 bridgehead atoms. The van der Waals surface area contributed by atoms with Crippen molar-refractivity contribution in [2.24, 2.45) is 0 Å². The molecule has 0 aliphatic carbocycles. The Morgan fingerprint density at radius 1 is 1.36 bits per heavy atom. The van der Waals surface area contributed by atoms with Crippen LogP contribution in [0.3, 0.4) is 0 Å². The molecular weight excluding hydrogens is 323 g/mol. The fourth-order valence-corrected chi connectivity index (χ4v) is 3.12. The molecule has 1 aliphatic rings. The smallest absolute Gasteiger partial charge is 0.407 e. The number of nitrogens with one attached hydrogen (secondary N) is 1. The highest BCUT2D eigenvalue weighted by Crippen LogP contribution is 2.29. The van der Waals surface area contributed by atoms with Crippen molar-refractivity contribution in [2.45, 2.75) is 39.3 Å². The summed E-state index contributed by atoms with van der Waals surface area (Å²) in [5, 5.41) is 4.19. The van der Waals surface area contributed by atoms with Gasteiger partial charge in [-0.05, 0) is 50.5 Å². The van der Waals surface area contributed by atoms with Crippen LogP contribution in [0.5, 0.6) is 0 Å². The maximum atomic E-state index is 11.6. The van der Waals surface area contributed by atoms with E-state index in [9.17, 15) is 4.79 Å². The van der Waals surface area contributed by atoms with Gasteiger partial charge in [-0.2, -0.15) is 0 Å². The Hall–Kier alpha value is -0.970. The van der Waals surface area contributed by atoms with E-state index in [-0.39, 0.29) is 6.09 Å². The highest BCUT2D eigenvalue weighted by molar-refractivity contribution is 6.35. The maximum Gasteiger partial charge on any atom is 0.407 e. The van der Waals surface area contributed by atoms with Gasteiger partial charge >= 0.3 is 6.09 Å². The molecule has 122 valence electrons. The number of ether oxygens (including phenoxy) is 1. The Morgan fingerprint density at radius 3 is 2.77 bits per heavy atom. The first-order valence-corrected chi connectivity index (χ1v) is 8.16. The molecule has 0 radical (unpaired) electrons. The van der Waals surface area contributed by atoms with E-state index in [4.69, 9.17) is 27.9 Å².